The lowest BCUT2D eigenvalue weighted by atomic mass is 9.98. The van der Waals surface area contributed by atoms with E-state index in [4.69, 9.17) is 26.5 Å². The summed E-state index contributed by atoms with van der Waals surface area (Å²) in [7, 11) is 0. The van der Waals surface area contributed by atoms with Crippen LogP contribution in [0.1, 0.15) is 23.0 Å². The summed E-state index contributed by atoms with van der Waals surface area (Å²) in [6, 6.07) is 5.87. The van der Waals surface area contributed by atoms with Gasteiger partial charge in [-0.15, -0.1) is 0 Å². The Labute approximate surface area is 133 Å². The van der Waals surface area contributed by atoms with Gasteiger partial charge in [-0.3, -0.25) is 4.79 Å². The van der Waals surface area contributed by atoms with E-state index < -0.39 is 23.6 Å². The quantitative estimate of drug-likeness (QED) is 0.897. The lowest BCUT2D eigenvalue weighted by Gasteiger charge is -2.10. The fourth-order valence-corrected chi connectivity index (χ4v) is 2.54. The van der Waals surface area contributed by atoms with Crippen LogP contribution in [-0.2, 0) is 15.7 Å². The first-order chi connectivity index (χ1) is 10.8. The van der Waals surface area contributed by atoms with Crippen LogP contribution in [0.3, 0.4) is 0 Å². The Morgan fingerprint density at radius 2 is 1.96 bits per heavy atom. The summed E-state index contributed by atoms with van der Waals surface area (Å²) in [5.74, 6) is -0.648. The van der Waals surface area contributed by atoms with Gasteiger partial charge in [-0.25, -0.2) is 0 Å². The van der Waals surface area contributed by atoms with Gasteiger partial charge in [-0.1, -0.05) is 11.6 Å². The molecule has 1 aromatic carbocycles. The molecule has 8 heteroatoms. The molecule has 2 heterocycles. The van der Waals surface area contributed by atoms with E-state index in [1.54, 1.807) is 6.07 Å². The van der Waals surface area contributed by atoms with E-state index in [-0.39, 0.29) is 27.8 Å². The Morgan fingerprint density at radius 3 is 2.57 bits per heavy atom. The van der Waals surface area contributed by atoms with E-state index in [9.17, 15) is 18.0 Å². The molecule has 1 aliphatic heterocycles. The van der Waals surface area contributed by atoms with Gasteiger partial charge in [0.25, 0.3) is 0 Å². The minimum Gasteiger partial charge on any atom is -0.465 e. The van der Waals surface area contributed by atoms with Crippen LogP contribution in [0, 0.1) is 0 Å². The molecule has 0 spiro atoms. The number of rotatable bonds is 2. The normalized spacial score (nSPS) is 18.4. The summed E-state index contributed by atoms with van der Waals surface area (Å²) >= 11 is 5.73. The Hall–Kier alpha value is -2.41. The lowest BCUT2D eigenvalue weighted by Crippen LogP contribution is -2.10. The van der Waals surface area contributed by atoms with Crippen LogP contribution in [-0.4, -0.2) is 5.78 Å². The summed E-state index contributed by atoms with van der Waals surface area (Å²) in [4.78, 5) is 12.4. The molecule has 4 nitrogen and oxygen atoms in total. The van der Waals surface area contributed by atoms with Crippen LogP contribution in [0.2, 0.25) is 5.02 Å². The monoisotopic (exact) mass is 343 g/mol. The van der Waals surface area contributed by atoms with Crippen molar-refractivity contribution >= 4 is 23.0 Å². The smallest absolute Gasteiger partial charge is 0.416 e. The second-order valence-corrected chi connectivity index (χ2v) is 5.28. The van der Waals surface area contributed by atoms with Crippen molar-refractivity contribution in [2.24, 2.45) is 5.73 Å². The van der Waals surface area contributed by atoms with Gasteiger partial charge >= 0.3 is 6.18 Å². The SMILES string of the molecule is NC1=C(c2cc(Cl)cc(C(F)(F)F)c2)C(=O)C(c2ccco2)O1. The number of ether oxygens (including phenoxy) is 1. The van der Waals surface area contributed by atoms with Gasteiger partial charge in [-0.2, -0.15) is 13.2 Å². The van der Waals surface area contributed by atoms with Gasteiger partial charge in [0.05, 0.1) is 17.4 Å². The number of furan rings is 1. The maximum absolute atomic E-state index is 12.9. The molecule has 1 atom stereocenters. The fourth-order valence-electron chi connectivity index (χ4n) is 2.30. The third-order valence-electron chi connectivity index (χ3n) is 3.29. The molecule has 0 bridgehead atoms. The molecule has 0 radical (unpaired) electrons. The highest BCUT2D eigenvalue weighted by Gasteiger charge is 2.39. The van der Waals surface area contributed by atoms with Gasteiger partial charge in [0.15, 0.2) is 11.6 Å². The Morgan fingerprint density at radius 1 is 1.22 bits per heavy atom. The van der Waals surface area contributed by atoms with E-state index >= 15 is 0 Å². The predicted octanol–water partition coefficient (Wildman–Crippen LogP) is 3.92. The van der Waals surface area contributed by atoms with E-state index in [0.29, 0.717) is 0 Å². The molecule has 2 N–H and O–H groups in total. The van der Waals surface area contributed by atoms with E-state index in [1.807, 2.05) is 0 Å². The van der Waals surface area contributed by atoms with Gasteiger partial charge in [-0.05, 0) is 35.9 Å². The van der Waals surface area contributed by atoms with Crippen LogP contribution in [0.4, 0.5) is 13.2 Å². The molecule has 0 amide bonds. The van der Waals surface area contributed by atoms with Crippen molar-refractivity contribution in [3.05, 3.63) is 64.4 Å². The molecule has 2 aromatic rings. The van der Waals surface area contributed by atoms with E-state index in [1.165, 1.54) is 18.4 Å². The number of hydrogen-bond acceptors (Lipinski definition) is 4. The third kappa shape index (κ3) is 2.79. The lowest BCUT2D eigenvalue weighted by molar-refractivity contribution is -0.137. The number of halogens is 4. The highest BCUT2D eigenvalue weighted by molar-refractivity contribution is 6.31. The number of nitrogens with two attached hydrogens (primary N) is 1. The molecule has 0 saturated heterocycles. The average molecular weight is 344 g/mol. The molecule has 23 heavy (non-hydrogen) atoms. The third-order valence-corrected chi connectivity index (χ3v) is 3.51. The number of benzene rings is 1. The standard InChI is InChI=1S/C15H9ClF3NO3/c16-9-5-7(4-8(6-9)15(17,18)19)11-12(21)13(23-14(11)20)10-2-1-3-22-10/h1-6,13H,20H2. The zero-order valence-electron chi connectivity index (χ0n) is 11.4. The van der Waals surface area contributed by atoms with Crippen LogP contribution in [0.25, 0.3) is 5.57 Å². The maximum Gasteiger partial charge on any atom is 0.416 e. The summed E-state index contributed by atoms with van der Waals surface area (Å²) in [6.07, 6.45) is -4.37. The van der Waals surface area contributed by atoms with Gasteiger partial charge in [0, 0.05) is 5.02 Å². The zero-order chi connectivity index (χ0) is 16.8. The van der Waals surface area contributed by atoms with Crippen LogP contribution >= 0.6 is 11.6 Å². The topological polar surface area (TPSA) is 65.5 Å². The highest BCUT2D eigenvalue weighted by atomic mass is 35.5. The number of alkyl halides is 3. The molecule has 0 aliphatic carbocycles. The summed E-state index contributed by atoms with van der Waals surface area (Å²) in [5, 5.41) is -0.163. The number of Topliss-reactive ketones (excluding diaryl/α,β-unsaturated/α-hetero) is 1. The van der Waals surface area contributed by atoms with Gasteiger partial charge < -0.3 is 14.9 Å². The first kappa shape index (κ1) is 15.5. The Balaban J connectivity index is 2.03. The van der Waals surface area contributed by atoms with E-state index in [0.717, 1.165) is 12.1 Å². The molecular formula is C15H9ClF3NO3. The summed E-state index contributed by atoms with van der Waals surface area (Å²) < 4.78 is 49.0. The van der Waals surface area contributed by atoms with Crippen molar-refractivity contribution in [1.82, 2.24) is 0 Å². The minimum absolute atomic E-state index is 0.0543. The number of hydrogen-bond donors (Lipinski definition) is 1. The first-order valence-corrected chi connectivity index (χ1v) is 6.77. The molecule has 1 unspecified atom stereocenters. The second-order valence-electron chi connectivity index (χ2n) is 4.84. The highest BCUT2D eigenvalue weighted by Crippen LogP contribution is 2.39. The fraction of sp³-hybridized carbons (Fsp3) is 0.133. The summed E-state index contributed by atoms with van der Waals surface area (Å²) in [5.41, 5.74) is 4.49. The average Bonchev–Trinajstić information content (AvgIpc) is 3.05. The van der Waals surface area contributed by atoms with Crippen LogP contribution < -0.4 is 5.73 Å². The molecule has 3 rings (SSSR count). The minimum atomic E-state index is -4.60. The summed E-state index contributed by atoms with van der Waals surface area (Å²) in [6.45, 7) is 0. The van der Waals surface area contributed by atoms with Crippen molar-refractivity contribution in [2.45, 2.75) is 12.3 Å². The predicted molar refractivity (Wildman–Crippen MR) is 75.1 cm³/mol. The van der Waals surface area contributed by atoms with E-state index in [2.05, 4.69) is 0 Å². The van der Waals surface area contributed by atoms with Crippen molar-refractivity contribution < 1.29 is 27.1 Å². The van der Waals surface area contributed by atoms with Gasteiger partial charge in [0.2, 0.25) is 11.9 Å². The Kier molecular flexibility index (Phi) is 3.60. The van der Waals surface area contributed by atoms with Crippen LogP contribution in [0.15, 0.2) is 46.9 Å². The number of carbonyl (C=O) groups excluding carboxylic acids is 1. The van der Waals surface area contributed by atoms with Crippen molar-refractivity contribution in [1.29, 1.82) is 0 Å². The number of carbonyl (C=O) groups is 1. The maximum atomic E-state index is 12.9. The van der Waals surface area contributed by atoms with Crippen molar-refractivity contribution in [3.8, 4) is 0 Å². The van der Waals surface area contributed by atoms with Crippen LogP contribution in [0.5, 0.6) is 0 Å². The first-order valence-electron chi connectivity index (χ1n) is 6.39. The molecule has 1 aliphatic rings. The second kappa shape index (κ2) is 5.34. The largest absolute Gasteiger partial charge is 0.465 e. The van der Waals surface area contributed by atoms with Crippen molar-refractivity contribution in [2.75, 3.05) is 0 Å². The molecular weight excluding hydrogens is 335 g/mol. The Bertz CT molecular complexity index is 797. The van der Waals surface area contributed by atoms with Gasteiger partial charge in [0.1, 0.15) is 0 Å². The van der Waals surface area contributed by atoms with Crippen molar-refractivity contribution in [3.63, 3.8) is 0 Å². The molecule has 0 fully saturated rings. The molecule has 0 saturated carbocycles. The molecule has 1 aromatic heterocycles. The number of ketones is 1. The zero-order valence-corrected chi connectivity index (χ0v) is 12.1. The molecule has 120 valence electrons.